The number of unbranched alkanes of at least 4 members (excludes halogenated alkanes) is 1. The Morgan fingerprint density at radius 2 is 1.93 bits per heavy atom. The van der Waals surface area contributed by atoms with Crippen molar-refractivity contribution < 1.29 is 0 Å². The average molecular weight is 223 g/mol. The van der Waals surface area contributed by atoms with Crippen LogP contribution in [0, 0.1) is 0 Å². The maximum atomic E-state index is 5.68. The molecule has 1 nitrogen and oxygen atoms in total. The molecule has 1 rings (SSSR count). The van der Waals surface area contributed by atoms with Crippen LogP contribution in [0.3, 0.4) is 0 Å². The summed E-state index contributed by atoms with van der Waals surface area (Å²) < 4.78 is 0. The zero-order chi connectivity index (χ0) is 10.9. The molecule has 0 aromatic heterocycles. The van der Waals surface area contributed by atoms with E-state index in [1.165, 1.54) is 30.6 Å². The van der Waals surface area contributed by atoms with Gasteiger partial charge in [-0.1, -0.05) is 30.3 Å². The van der Waals surface area contributed by atoms with Crippen LogP contribution in [-0.2, 0) is 6.42 Å². The minimum atomic E-state index is 0.337. The third-order valence-electron chi connectivity index (χ3n) is 2.23. The fourth-order valence-corrected chi connectivity index (χ4v) is 2.39. The van der Waals surface area contributed by atoms with Crippen LogP contribution in [0.2, 0.25) is 0 Å². The van der Waals surface area contributed by atoms with E-state index in [9.17, 15) is 0 Å². The lowest BCUT2D eigenvalue weighted by Gasteiger charge is -2.04. The van der Waals surface area contributed by atoms with Gasteiger partial charge in [0.05, 0.1) is 0 Å². The van der Waals surface area contributed by atoms with Crippen molar-refractivity contribution in [3.8, 4) is 0 Å². The minimum absolute atomic E-state index is 0.337. The molecule has 0 radical (unpaired) electrons. The molecule has 0 saturated carbocycles. The molecular weight excluding hydrogens is 202 g/mol. The summed E-state index contributed by atoms with van der Waals surface area (Å²) >= 11 is 1.97. The van der Waals surface area contributed by atoms with E-state index in [2.05, 4.69) is 37.3 Å². The van der Waals surface area contributed by atoms with Crippen molar-refractivity contribution in [2.75, 3.05) is 11.5 Å². The van der Waals surface area contributed by atoms with E-state index < -0.39 is 0 Å². The van der Waals surface area contributed by atoms with E-state index in [4.69, 9.17) is 5.73 Å². The molecule has 0 heterocycles. The molecule has 1 aromatic carbocycles. The Bertz CT molecular complexity index is 246. The second kappa shape index (κ2) is 7.77. The summed E-state index contributed by atoms with van der Waals surface area (Å²) in [5.74, 6) is 2.33. The lowest BCUT2D eigenvalue weighted by atomic mass is 10.1. The maximum Gasteiger partial charge on any atom is 0.0101 e. The molecule has 0 aliphatic heterocycles. The smallest absolute Gasteiger partial charge is 0.0101 e. The number of thioether (sulfide) groups is 1. The number of benzene rings is 1. The molecule has 84 valence electrons. The van der Waals surface area contributed by atoms with Crippen molar-refractivity contribution in [1.29, 1.82) is 0 Å². The summed E-state index contributed by atoms with van der Waals surface area (Å²) in [5.41, 5.74) is 7.13. The van der Waals surface area contributed by atoms with Crippen molar-refractivity contribution in [3.05, 3.63) is 35.9 Å². The van der Waals surface area contributed by atoms with Crippen LogP contribution >= 0.6 is 11.8 Å². The van der Waals surface area contributed by atoms with Gasteiger partial charge < -0.3 is 5.73 Å². The van der Waals surface area contributed by atoms with E-state index in [0.29, 0.717) is 6.04 Å². The van der Waals surface area contributed by atoms with Crippen LogP contribution in [0.25, 0.3) is 0 Å². The molecule has 0 fully saturated rings. The standard InChI is InChI=1S/C13H21NS/c1-12(14)11-15-10-6-5-9-13-7-3-2-4-8-13/h2-4,7-8,12H,5-6,9-11,14H2,1H3. The zero-order valence-corrected chi connectivity index (χ0v) is 10.3. The lowest BCUT2D eigenvalue weighted by Crippen LogP contribution is -2.17. The zero-order valence-electron chi connectivity index (χ0n) is 9.49. The molecule has 1 aromatic rings. The highest BCUT2D eigenvalue weighted by atomic mass is 32.2. The van der Waals surface area contributed by atoms with E-state index >= 15 is 0 Å². The number of nitrogens with two attached hydrogens (primary N) is 1. The van der Waals surface area contributed by atoms with Gasteiger partial charge in [0.15, 0.2) is 0 Å². The number of rotatable bonds is 7. The summed E-state index contributed by atoms with van der Waals surface area (Å²) in [6, 6.07) is 11.0. The molecule has 15 heavy (non-hydrogen) atoms. The Kier molecular flexibility index (Phi) is 6.53. The van der Waals surface area contributed by atoms with Crippen molar-refractivity contribution in [1.82, 2.24) is 0 Å². The van der Waals surface area contributed by atoms with Crippen LogP contribution in [0.4, 0.5) is 0 Å². The molecule has 0 aliphatic carbocycles. The van der Waals surface area contributed by atoms with Gasteiger partial charge in [-0.2, -0.15) is 11.8 Å². The molecular formula is C13H21NS. The van der Waals surface area contributed by atoms with Crippen LogP contribution in [0.1, 0.15) is 25.3 Å². The van der Waals surface area contributed by atoms with Gasteiger partial charge in [0.1, 0.15) is 0 Å². The Morgan fingerprint density at radius 3 is 2.60 bits per heavy atom. The van der Waals surface area contributed by atoms with Gasteiger partial charge in [0.2, 0.25) is 0 Å². The first-order valence-corrected chi connectivity index (χ1v) is 6.82. The predicted molar refractivity (Wildman–Crippen MR) is 70.4 cm³/mol. The topological polar surface area (TPSA) is 26.0 Å². The number of aryl methyl sites for hydroxylation is 1. The normalized spacial score (nSPS) is 12.7. The van der Waals surface area contributed by atoms with Crippen molar-refractivity contribution >= 4 is 11.8 Å². The van der Waals surface area contributed by atoms with E-state index in [-0.39, 0.29) is 0 Å². The molecule has 2 heteroatoms. The first kappa shape index (κ1) is 12.6. The SMILES string of the molecule is CC(N)CSCCCCc1ccccc1. The van der Waals surface area contributed by atoms with Crippen LogP contribution in [-0.4, -0.2) is 17.5 Å². The Labute approximate surface area is 97.4 Å². The summed E-state index contributed by atoms with van der Waals surface area (Å²) in [5, 5.41) is 0. The van der Waals surface area contributed by atoms with Gasteiger partial charge in [-0.05, 0) is 37.5 Å². The van der Waals surface area contributed by atoms with E-state index in [1.807, 2.05) is 11.8 Å². The van der Waals surface area contributed by atoms with Gasteiger partial charge in [-0.15, -0.1) is 0 Å². The quantitative estimate of drug-likeness (QED) is 0.719. The van der Waals surface area contributed by atoms with Crippen molar-refractivity contribution in [2.24, 2.45) is 5.73 Å². The summed E-state index contributed by atoms with van der Waals surface area (Å²) in [6.07, 6.45) is 3.79. The number of hydrogen-bond acceptors (Lipinski definition) is 2. The van der Waals surface area contributed by atoms with Gasteiger partial charge in [-0.25, -0.2) is 0 Å². The van der Waals surface area contributed by atoms with Gasteiger partial charge >= 0.3 is 0 Å². The average Bonchev–Trinajstić information content (AvgIpc) is 2.24. The fourth-order valence-electron chi connectivity index (χ4n) is 1.45. The largest absolute Gasteiger partial charge is 0.327 e. The molecule has 1 atom stereocenters. The summed E-state index contributed by atoms with van der Waals surface area (Å²) in [6.45, 7) is 2.07. The molecule has 0 aliphatic rings. The highest BCUT2D eigenvalue weighted by molar-refractivity contribution is 7.99. The van der Waals surface area contributed by atoms with Gasteiger partial charge in [-0.3, -0.25) is 0 Å². The van der Waals surface area contributed by atoms with Crippen molar-refractivity contribution in [3.63, 3.8) is 0 Å². The third-order valence-corrected chi connectivity index (χ3v) is 3.57. The van der Waals surface area contributed by atoms with Crippen LogP contribution in [0.15, 0.2) is 30.3 Å². The Balaban J connectivity index is 1.98. The summed E-state index contributed by atoms with van der Waals surface area (Å²) in [4.78, 5) is 0. The fraction of sp³-hybridized carbons (Fsp3) is 0.538. The molecule has 0 bridgehead atoms. The van der Waals surface area contributed by atoms with Gasteiger partial charge in [0, 0.05) is 11.8 Å². The van der Waals surface area contributed by atoms with Crippen LogP contribution in [0.5, 0.6) is 0 Å². The monoisotopic (exact) mass is 223 g/mol. The molecule has 1 unspecified atom stereocenters. The van der Waals surface area contributed by atoms with E-state index in [0.717, 1.165) is 5.75 Å². The molecule has 0 saturated heterocycles. The maximum absolute atomic E-state index is 5.68. The highest BCUT2D eigenvalue weighted by Crippen LogP contribution is 2.09. The Hall–Kier alpha value is -0.470. The Morgan fingerprint density at radius 1 is 1.20 bits per heavy atom. The van der Waals surface area contributed by atoms with Crippen LogP contribution < -0.4 is 5.73 Å². The highest BCUT2D eigenvalue weighted by Gasteiger charge is 1.95. The predicted octanol–water partition coefficient (Wildman–Crippen LogP) is 3.09. The molecule has 2 N–H and O–H groups in total. The second-order valence-corrected chi connectivity index (χ2v) is 5.14. The first-order valence-electron chi connectivity index (χ1n) is 5.66. The van der Waals surface area contributed by atoms with Gasteiger partial charge in [0.25, 0.3) is 0 Å². The second-order valence-electron chi connectivity index (χ2n) is 3.99. The first-order chi connectivity index (χ1) is 7.29. The lowest BCUT2D eigenvalue weighted by molar-refractivity contribution is 0.798. The van der Waals surface area contributed by atoms with E-state index in [1.54, 1.807) is 0 Å². The third kappa shape index (κ3) is 6.58. The number of hydrogen-bond donors (Lipinski definition) is 1. The molecule has 0 amide bonds. The van der Waals surface area contributed by atoms with Crippen molar-refractivity contribution in [2.45, 2.75) is 32.2 Å². The molecule has 0 spiro atoms. The summed E-state index contributed by atoms with van der Waals surface area (Å²) in [7, 11) is 0. The minimum Gasteiger partial charge on any atom is -0.327 e.